The molecular weight excluding hydrogens is 357 g/mol. The maximum absolute atomic E-state index is 12.6. The van der Waals surface area contributed by atoms with Crippen LogP contribution in [0.5, 0.6) is 0 Å². The van der Waals surface area contributed by atoms with Gasteiger partial charge < -0.3 is 10.2 Å². The number of carbonyl (C=O) groups excluding carboxylic acids is 2. The third kappa shape index (κ3) is 5.65. The van der Waals surface area contributed by atoms with E-state index in [1.54, 1.807) is 38.2 Å². The maximum Gasteiger partial charge on any atom is 0.416 e. The summed E-state index contributed by atoms with van der Waals surface area (Å²) in [6.45, 7) is 3.59. The first-order valence-corrected chi connectivity index (χ1v) is 8.48. The first-order valence-electron chi connectivity index (χ1n) is 8.48. The molecule has 0 spiro atoms. The Kier molecular flexibility index (Phi) is 6.38. The van der Waals surface area contributed by atoms with Crippen molar-refractivity contribution in [1.82, 2.24) is 0 Å². The molecule has 144 valence electrons. The summed E-state index contributed by atoms with van der Waals surface area (Å²) in [6.07, 6.45) is -4.36. The van der Waals surface area contributed by atoms with Crippen molar-refractivity contribution in [2.45, 2.75) is 32.6 Å². The SMILES string of the molecule is CC(=O)c1cccc(NC(=O)[C@H](C)[NH+](C)Cc2ccc(C(F)(F)F)cc2)c1. The van der Waals surface area contributed by atoms with Crippen molar-refractivity contribution in [3.63, 3.8) is 0 Å². The third-order valence-electron chi connectivity index (χ3n) is 4.43. The predicted octanol–water partition coefficient (Wildman–Crippen LogP) is 2.95. The van der Waals surface area contributed by atoms with E-state index in [0.29, 0.717) is 23.4 Å². The molecule has 0 radical (unpaired) electrons. The first-order chi connectivity index (χ1) is 12.6. The highest BCUT2D eigenvalue weighted by Crippen LogP contribution is 2.28. The Morgan fingerprint density at radius 3 is 2.30 bits per heavy atom. The van der Waals surface area contributed by atoms with E-state index in [1.165, 1.54) is 19.1 Å². The molecule has 2 atom stereocenters. The number of amides is 1. The second-order valence-corrected chi connectivity index (χ2v) is 6.57. The molecule has 0 aliphatic heterocycles. The van der Waals surface area contributed by atoms with Gasteiger partial charge in [0.25, 0.3) is 5.91 Å². The van der Waals surface area contributed by atoms with Crippen LogP contribution in [0.4, 0.5) is 18.9 Å². The van der Waals surface area contributed by atoms with Gasteiger partial charge in [0.05, 0.1) is 12.6 Å². The van der Waals surface area contributed by atoms with E-state index in [0.717, 1.165) is 17.0 Å². The summed E-state index contributed by atoms with van der Waals surface area (Å²) in [5.74, 6) is -0.329. The molecule has 0 heterocycles. The van der Waals surface area contributed by atoms with E-state index in [9.17, 15) is 22.8 Å². The Morgan fingerprint density at radius 2 is 1.74 bits per heavy atom. The Labute approximate surface area is 156 Å². The van der Waals surface area contributed by atoms with Crippen LogP contribution in [-0.4, -0.2) is 24.8 Å². The average Bonchev–Trinajstić information content (AvgIpc) is 2.60. The zero-order chi connectivity index (χ0) is 20.2. The van der Waals surface area contributed by atoms with Gasteiger partial charge in [-0.25, -0.2) is 0 Å². The average molecular weight is 379 g/mol. The fourth-order valence-electron chi connectivity index (χ4n) is 2.58. The summed E-state index contributed by atoms with van der Waals surface area (Å²) in [6, 6.07) is 11.2. The molecule has 0 bridgehead atoms. The van der Waals surface area contributed by atoms with Gasteiger partial charge in [0.1, 0.15) is 6.54 Å². The van der Waals surface area contributed by atoms with Gasteiger partial charge in [-0.15, -0.1) is 0 Å². The molecule has 0 fully saturated rings. The molecule has 27 heavy (non-hydrogen) atoms. The van der Waals surface area contributed by atoms with Crippen molar-refractivity contribution in [2.24, 2.45) is 0 Å². The minimum atomic E-state index is -4.36. The molecule has 2 rings (SSSR count). The Balaban J connectivity index is 1.99. The van der Waals surface area contributed by atoms with Crippen LogP contribution < -0.4 is 10.2 Å². The van der Waals surface area contributed by atoms with E-state index < -0.39 is 17.8 Å². The Morgan fingerprint density at radius 1 is 1.11 bits per heavy atom. The quantitative estimate of drug-likeness (QED) is 0.759. The number of ketones is 1. The predicted molar refractivity (Wildman–Crippen MR) is 96.6 cm³/mol. The summed E-state index contributed by atoms with van der Waals surface area (Å²) in [7, 11) is 1.80. The van der Waals surface area contributed by atoms with E-state index in [2.05, 4.69) is 5.32 Å². The maximum atomic E-state index is 12.6. The number of rotatable bonds is 6. The number of hydrogen-bond donors (Lipinski definition) is 2. The lowest BCUT2D eigenvalue weighted by molar-refractivity contribution is -0.907. The highest BCUT2D eigenvalue weighted by atomic mass is 19.4. The molecule has 0 aliphatic rings. The molecule has 0 saturated carbocycles. The highest BCUT2D eigenvalue weighted by molar-refractivity contribution is 5.97. The smallest absolute Gasteiger partial charge is 0.324 e. The van der Waals surface area contributed by atoms with Crippen LogP contribution >= 0.6 is 0 Å². The van der Waals surface area contributed by atoms with Crippen molar-refractivity contribution >= 4 is 17.4 Å². The van der Waals surface area contributed by atoms with Gasteiger partial charge in [0, 0.05) is 16.8 Å². The lowest BCUT2D eigenvalue weighted by Gasteiger charge is -2.21. The molecule has 1 unspecified atom stereocenters. The van der Waals surface area contributed by atoms with Crippen LogP contribution in [0.25, 0.3) is 0 Å². The molecule has 0 saturated heterocycles. The molecule has 0 aliphatic carbocycles. The molecular formula is C20H22F3N2O2+. The van der Waals surface area contributed by atoms with E-state index in [1.807, 2.05) is 0 Å². The van der Waals surface area contributed by atoms with Gasteiger partial charge in [-0.3, -0.25) is 9.59 Å². The number of hydrogen-bond acceptors (Lipinski definition) is 2. The van der Waals surface area contributed by atoms with Crippen LogP contribution in [0.1, 0.15) is 35.3 Å². The molecule has 2 N–H and O–H groups in total. The lowest BCUT2D eigenvalue weighted by Crippen LogP contribution is -3.12. The number of halogens is 3. The fourth-order valence-corrected chi connectivity index (χ4v) is 2.58. The van der Waals surface area contributed by atoms with Crippen molar-refractivity contribution in [1.29, 1.82) is 0 Å². The number of benzene rings is 2. The van der Waals surface area contributed by atoms with Gasteiger partial charge in [-0.1, -0.05) is 24.3 Å². The van der Waals surface area contributed by atoms with Gasteiger partial charge in [0.15, 0.2) is 11.8 Å². The molecule has 2 aromatic rings. The van der Waals surface area contributed by atoms with Crippen LogP contribution in [0.3, 0.4) is 0 Å². The summed E-state index contributed by atoms with van der Waals surface area (Å²) in [5.41, 5.74) is 1.05. The summed E-state index contributed by atoms with van der Waals surface area (Å²) in [5, 5.41) is 2.77. The minimum absolute atomic E-state index is 0.0933. The minimum Gasteiger partial charge on any atom is -0.324 e. The van der Waals surface area contributed by atoms with Gasteiger partial charge in [-0.05, 0) is 38.1 Å². The van der Waals surface area contributed by atoms with Crippen LogP contribution in [0.2, 0.25) is 0 Å². The molecule has 4 nitrogen and oxygen atoms in total. The van der Waals surface area contributed by atoms with Crippen LogP contribution in [0.15, 0.2) is 48.5 Å². The number of anilines is 1. The van der Waals surface area contributed by atoms with Crippen molar-refractivity contribution in [3.05, 3.63) is 65.2 Å². The van der Waals surface area contributed by atoms with Gasteiger partial charge in [-0.2, -0.15) is 13.2 Å². The van der Waals surface area contributed by atoms with Crippen LogP contribution in [0, 0.1) is 0 Å². The summed E-state index contributed by atoms with van der Waals surface area (Å²) < 4.78 is 37.9. The number of likely N-dealkylation sites (N-methyl/N-ethyl adjacent to an activating group) is 1. The molecule has 2 aromatic carbocycles. The normalized spacial score (nSPS) is 13.7. The van der Waals surface area contributed by atoms with E-state index >= 15 is 0 Å². The number of Topliss-reactive ketones (excluding diaryl/α,β-unsaturated/α-hetero) is 1. The first kappa shape index (κ1) is 20.6. The van der Waals surface area contributed by atoms with Crippen molar-refractivity contribution in [2.75, 3.05) is 12.4 Å². The van der Waals surface area contributed by atoms with Crippen LogP contribution in [-0.2, 0) is 17.5 Å². The van der Waals surface area contributed by atoms with Crippen molar-refractivity contribution in [3.8, 4) is 0 Å². The zero-order valence-corrected chi connectivity index (χ0v) is 15.4. The van der Waals surface area contributed by atoms with Gasteiger partial charge >= 0.3 is 6.18 Å². The largest absolute Gasteiger partial charge is 0.416 e. The number of nitrogens with one attached hydrogen (secondary N) is 2. The molecule has 0 aromatic heterocycles. The van der Waals surface area contributed by atoms with Crippen molar-refractivity contribution < 1.29 is 27.7 Å². The summed E-state index contributed by atoms with van der Waals surface area (Å²) in [4.78, 5) is 24.7. The number of quaternary nitrogens is 1. The van der Waals surface area contributed by atoms with Gasteiger partial charge in [0.2, 0.25) is 0 Å². The second-order valence-electron chi connectivity index (χ2n) is 6.57. The standard InChI is InChI=1S/C20H21F3N2O2/c1-13(19(27)24-18-6-4-5-16(11-18)14(2)26)25(3)12-15-7-9-17(10-8-15)20(21,22)23/h4-11,13H,12H2,1-3H3,(H,24,27)/p+1/t13-/m0/s1. The lowest BCUT2D eigenvalue weighted by atomic mass is 10.1. The van der Waals surface area contributed by atoms with E-state index in [4.69, 9.17) is 0 Å². The monoisotopic (exact) mass is 379 g/mol. The highest BCUT2D eigenvalue weighted by Gasteiger charge is 2.30. The Bertz CT molecular complexity index is 817. The summed E-state index contributed by atoms with van der Waals surface area (Å²) >= 11 is 0. The zero-order valence-electron chi connectivity index (χ0n) is 15.4. The topological polar surface area (TPSA) is 50.6 Å². The number of alkyl halides is 3. The third-order valence-corrected chi connectivity index (χ3v) is 4.43. The number of carbonyl (C=O) groups is 2. The van der Waals surface area contributed by atoms with E-state index in [-0.39, 0.29) is 11.7 Å². The second kappa shape index (κ2) is 8.35. The fraction of sp³-hybridized carbons (Fsp3) is 0.300. The Hall–Kier alpha value is -2.67. The molecule has 7 heteroatoms. The molecule has 1 amide bonds.